The fraction of sp³-hybridized carbons (Fsp3) is 0.333. The lowest BCUT2D eigenvalue weighted by atomic mass is 9.86. The number of ketones is 1. The van der Waals surface area contributed by atoms with Crippen molar-refractivity contribution in [2.75, 3.05) is 0 Å². The molecule has 106 valence electrons. The second-order valence-corrected chi connectivity index (χ2v) is 4.41. The minimum Gasteiger partial charge on any atom is -0.299 e. The van der Waals surface area contributed by atoms with Gasteiger partial charge in [0.15, 0.2) is 0 Å². The van der Waals surface area contributed by atoms with Gasteiger partial charge in [0.25, 0.3) is 5.69 Å². The molecule has 0 saturated carbocycles. The number of Topliss-reactive ketones (excluding diaryl/α,β-unsaturated/α-hetero) is 1. The van der Waals surface area contributed by atoms with Crippen LogP contribution in [0.2, 0.25) is 0 Å². The Kier molecular flexibility index (Phi) is 3.56. The second-order valence-electron chi connectivity index (χ2n) is 4.41. The van der Waals surface area contributed by atoms with E-state index in [0.717, 1.165) is 12.3 Å². The van der Waals surface area contributed by atoms with Gasteiger partial charge in [0.05, 0.1) is 16.4 Å². The fourth-order valence-electron chi connectivity index (χ4n) is 2.09. The summed E-state index contributed by atoms with van der Waals surface area (Å²) in [6.07, 6.45) is -2.31. The van der Waals surface area contributed by atoms with E-state index in [1.807, 2.05) is 0 Å². The first-order chi connectivity index (χ1) is 9.29. The number of nitrogens with zero attached hydrogens (tertiary/aromatic N) is 2. The first kappa shape index (κ1) is 14.2. The smallest absolute Gasteiger partial charge is 0.299 e. The SMILES string of the molecule is O=C1CC(c2ccncc2[N+](=O)[O-])=CC(C(F)(F)F)C1. The van der Waals surface area contributed by atoms with Crippen LogP contribution in [0.25, 0.3) is 5.57 Å². The van der Waals surface area contributed by atoms with Gasteiger partial charge in [0.2, 0.25) is 0 Å². The third-order valence-corrected chi connectivity index (χ3v) is 3.00. The van der Waals surface area contributed by atoms with Crippen molar-refractivity contribution in [2.24, 2.45) is 5.92 Å². The van der Waals surface area contributed by atoms with E-state index >= 15 is 0 Å². The average Bonchev–Trinajstić information content (AvgIpc) is 2.37. The molecule has 1 atom stereocenters. The van der Waals surface area contributed by atoms with Gasteiger partial charge in [0.1, 0.15) is 12.0 Å². The molecule has 0 aliphatic heterocycles. The molecular weight excluding hydrogens is 277 g/mol. The van der Waals surface area contributed by atoms with E-state index in [2.05, 4.69) is 4.98 Å². The molecule has 1 heterocycles. The van der Waals surface area contributed by atoms with E-state index in [4.69, 9.17) is 0 Å². The highest BCUT2D eigenvalue weighted by atomic mass is 19.4. The number of carbonyl (C=O) groups is 1. The Morgan fingerprint density at radius 3 is 2.70 bits per heavy atom. The number of hydrogen-bond donors (Lipinski definition) is 0. The highest BCUT2D eigenvalue weighted by Crippen LogP contribution is 2.39. The number of allylic oxidation sites excluding steroid dienone is 2. The molecule has 1 aliphatic carbocycles. The van der Waals surface area contributed by atoms with Crippen molar-refractivity contribution >= 4 is 17.0 Å². The lowest BCUT2D eigenvalue weighted by molar-refractivity contribution is -0.385. The standard InChI is InChI=1S/C12H9F3N2O3/c13-12(14,15)8-3-7(4-9(18)5-8)10-1-2-16-6-11(10)17(19)20/h1-3,6,8H,4-5H2. The summed E-state index contributed by atoms with van der Waals surface area (Å²) < 4.78 is 38.2. The predicted octanol–water partition coefficient (Wildman–Crippen LogP) is 2.91. The quantitative estimate of drug-likeness (QED) is 0.619. The molecule has 0 bridgehead atoms. The minimum atomic E-state index is -4.54. The Labute approximate surface area is 111 Å². The van der Waals surface area contributed by atoms with Crippen LogP contribution in [-0.2, 0) is 4.79 Å². The molecule has 2 rings (SSSR count). The van der Waals surface area contributed by atoms with Crippen molar-refractivity contribution in [2.45, 2.75) is 19.0 Å². The second kappa shape index (κ2) is 5.03. The molecule has 0 fully saturated rings. The number of alkyl halides is 3. The van der Waals surface area contributed by atoms with Crippen molar-refractivity contribution in [1.29, 1.82) is 0 Å². The fourth-order valence-corrected chi connectivity index (χ4v) is 2.09. The number of pyridine rings is 1. The van der Waals surface area contributed by atoms with E-state index in [9.17, 15) is 28.1 Å². The summed E-state index contributed by atoms with van der Waals surface area (Å²) in [5.74, 6) is -2.48. The highest BCUT2D eigenvalue weighted by Gasteiger charge is 2.42. The molecule has 5 nitrogen and oxygen atoms in total. The van der Waals surface area contributed by atoms with Gasteiger partial charge in [-0.15, -0.1) is 0 Å². The Balaban J connectivity index is 2.49. The zero-order valence-corrected chi connectivity index (χ0v) is 10.1. The van der Waals surface area contributed by atoms with Crippen LogP contribution in [0, 0.1) is 16.0 Å². The molecule has 1 unspecified atom stereocenters. The molecule has 0 radical (unpaired) electrons. The summed E-state index contributed by atoms with van der Waals surface area (Å²) >= 11 is 0. The number of nitro groups is 1. The van der Waals surface area contributed by atoms with Crippen LogP contribution in [-0.4, -0.2) is 21.9 Å². The molecule has 0 amide bonds. The van der Waals surface area contributed by atoms with Gasteiger partial charge in [-0.3, -0.25) is 19.9 Å². The largest absolute Gasteiger partial charge is 0.395 e. The predicted molar refractivity (Wildman–Crippen MR) is 62.7 cm³/mol. The molecular formula is C12H9F3N2O3. The summed E-state index contributed by atoms with van der Waals surface area (Å²) in [6.45, 7) is 0. The van der Waals surface area contributed by atoms with E-state index in [-0.39, 0.29) is 17.6 Å². The number of hydrogen-bond acceptors (Lipinski definition) is 4. The van der Waals surface area contributed by atoms with Crippen LogP contribution in [0.5, 0.6) is 0 Å². The Bertz CT molecular complexity index is 596. The van der Waals surface area contributed by atoms with Crippen LogP contribution in [0.4, 0.5) is 18.9 Å². The van der Waals surface area contributed by atoms with Crippen LogP contribution < -0.4 is 0 Å². The normalized spacial score (nSPS) is 19.6. The van der Waals surface area contributed by atoms with Gasteiger partial charge in [0, 0.05) is 19.0 Å². The summed E-state index contributed by atoms with van der Waals surface area (Å²) in [7, 11) is 0. The Morgan fingerprint density at radius 1 is 1.40 bits per heavy atom. The Hall–Kier alpha value is -2.25. The molecule has 0 aromatic carbocycles. The van der Waals surface area contributed by atoms with E-state index in [1.165, 1.54) is 12.3 Å². The average molecular weight is 286 g/mol. The van der Waals surface area contributed by atoms with Crippen molar-refractivity contribution in [3.8, 4) is 0 Å². The molecule has 0 saturated heterocycles. The van der Waals surface area contributed by atoms with Gasteiger partial charge in [-0.1, -0.05) is 6.08 Å². The lowest BCUT2D eigenvalue weighted by Crippen LogP contribution is -2.27. The highest BCUT2D eigenvalue weighted by molar-refractivity contribution is 5.94. The molecule has 1 aromatic rings. The van der Waals surface area contributed by atoms with Gasteiger partial charge in [-0.05, 0) is 11.6 Å². The zero-order chi connectivity index (χ0) is 14.9. The number of rotatable bonds is 2. The summed E-state index contributed by atoms with van der Waals surface area (Å²) in [4.78, 5) is 25.2. The number of carbonyl (C=O) groups excluding carboxylic acids is 1. The monoisotopic (exact) mass is 286 g/mol. The van der Waals surface area contributed by atoms with Crippen molar-refractivity contribution in [3.05, 3.63) is 40.2 Å². The third kappa shape index (κ3) is 2.84. The summed E-state index contributed by atoms with van der Waals surface area (Å²) in [6, 6.07) is 1.25. The van der Waals surface area contributed by atoms with Gasteiger partial charge in [-0.25, -0.2) is 0 Å². The number of halogens is 3. The molecule has 0 N–H and O–H groups in total. The summed E-state index contributed by atoms with van der Waals surface area (Å²) in [5, 5.41) is 10.9. The molecule has 0 spiro atoms. The van der Waals surface area contributed by atoms with E-state index < -0.39 is 34.9 Å². The van der Waals surface area contributed by atoms with Gasteiger partial charge in [-0.2, -0.15) is 13.2 Å². The molecule has 8 heteroatoms. The van der Waals surface area contributed by atoms with Gasteiger partial charge < -0.3 is 0 Å². The Morgan fingerprint density at radius 2 is 2.10 bits per heavy atom. The van der Waals surface area contributed by atoms with Crippen LogP contribution >= 0.6 is 0 Å². The number of aromatic nitrogens is 1. The summed E-state index contributed by atoms with van der Waals surface area (Å²) in [5.41, 5.74) is -0.376. The molecule has 1 aliphatic rings. The van der Waals surface area contributed by atoms with Gasteiger partial charge >= 0.3 is 6.18 Å². The maximum Gasteiger partial charge on any atom is 0.395 e. The molecule has 1 aromatic heterocycles. The third-order valence-electron chi connectivity index (χ3n) is 3.00. The van der Waals surface area contributed by atoms with Crippen molar-refractivity contribution < 1.29 is 22.9 Å². The van der Waals surface area contributed by atoms with Crippen LogP contribution in [0.1, 0.15) is 18.4 Å². The maximum absolute atomic E-state index is 12.7. The first-order valence-corrected chi connectivity index (χ1v) is 5.67. The minimum absolute atomic E-state index is 0.00676. The van der Waals surface area contributed by atoms with E-state index in [0.29, 0.717) is 0 Å². The van der Waals surface area contributed by atoms with Crippen molar-refractivity contribution in [3.63, 3.8) is 0 Å². The maximum atomic E-state index is 12.7. The zero-order valence-electron chi connectivity index (χ0n) is 10.1. The lowest BCUT2D eigenvalue weighted by Gasteiger charge is -2.22. The van der Waals surface area contributed by atoms with Crippen molar-refractivity contribution in [1.82, 2.24) is 4.98 Å². The molecule has 20 heavy (non-hydrogen) atoms. The first-order valence-electron chi connectivity index (χ1n) is 5.67. The van der Waals surface area contributed by atoms with Crippen LogP contribution in [0.15, 0.2) is 24.5 Å². The topological polar surface area (TPSA) is 73.1 Å². The van der Waals surface area contributed by atoms with Crippen LogP contribution in [0.3, 0.4) is 0 Å². The van der Waals surface area contributed by atoms with E-state index in [1.54, 1.807) is 0 Å².